The first kappa shape index (κ1) is 19.2. The van der Waals surface area contributed by atoms with Gasteiger partial charge in [-0.15, -0.1) is 0 Å². The average molecular weight is 391 g/mol. The number of halogens is 1. The Bertz CT molecular complexity index is 982. The van der Waals surface area contributed by atoms with E-state index in [-0.39, 0.29) is 29.2 Å². The molecule has 2 unspecified atom stereocenters. The van der Waals surface area contributed by atoms with Crippen LogP contribution in [0.25, 0.3) is 0 Å². The zero-order chi connectivity index (χ0) is 19.7. The Balaban J connectivity index is 1.87. The van der Waals surface area contributed by atoms with Gasteiger partial charge in [-0.25, -0.2) is 4.79 Å². The lowest BCUT2D eigenvalue weighted by atomic mass is 10.1. The molecule has 8 heteroatoms. The number of nitrogens with two attached hydrogens (primary N) is 1. The molecule has 1 aliphatic rings. The molecule has 1 heterocycles. The molecular weight excluding hydrogens is 368 g/mol. The standard InChI is InChI=1S/C19H23ClN4O3/c1-3-4-9-24-16(21)15(17(25)22-19(24)27)23(2)18(26)13-10-12(13)11-7-5-6-8-14(11)20/h5-8,12-13H,3-4,9-10,21H2,1-2H3,(H,22,25,27). The number of nitrogens with zero attached hydrogens (tertiary/aromatic N) is 2. The van der Waals surface area contributed by atoms with Crippen molar-refractivity contribution in [1.82, 2.24) is 9.55 Å². The van der Waals surface area contributed by atoms with Crippen LogP contribution in [0.1, 0.15) is 37.7 Å². The van der Waals surface area contributed by atoms with Crippen LogP contribution in [-0.4, -0.2) is 22.5 Å². The van der Waals surface area contributed by atoms with E-state index in [1.807, 2.05) is 25.1 Å². The van der Waals surface area contributed by atoms with Crippen LogP contribution >= 0.6 is 11.6 Å². The fraction of sp³-hybridized carbons (Fsp3) is 0.421. The average Bonchev–Trinajstić information content (AvgIpc) is 3.41. The van der Waals surface area contributed by atoms with E-state index in [2.05, 4.69) is 4.98 Å². The highest BCUT2D eigenvalue weighted by Crippen LogP contribution is 2.50. The number of benzene rings is 1. The second-order valence-corrected chi connectivity index (χ2v) is 7.27. The molecule has 1 aliphatic carbocycles. The Labute approximate surface area is 161 Å². The molecule has 0 bridgehead atoms. The number of hydrogen-bond acceptors (Lipinski definition) is 4. The Hall–Kier alpha value is -2.54. The summed E-state index contributed by atoms with van der Waals surface area (Å²) in [6.07, 6.45) is 2.28. The van der Waals surface area contributed by atoms with Crippen molar-refractivity contribution < 1.29 is 4.79 Å². The summed E-state index contributed by atoms with van der Waals surface area (Å²) in [7, 11) is 1.51. The van der Waals surface area contributed by atoms with E-state index in [0.29, 0.717) is 18.0 Å². The van der Waals surface area contributed by atoms with Gasteiger partial charge in [0.25, 0.3) is 5.56 Å². The van der Waals surface area contributed by atoms with Crippen LogP contribution in [0, 0.1) is 5.92 Å². The van der Waals surface area contributed by atoms with Crippen LogP contribution in [0.4, 0.5) is 11.5 Å². The van der Waals surface area contributed by atoms with Crippen molar-refractivity contribution in [3.05, 3.63) is 55.7 Å². The number of unbranched alkanes of at least 4 members (excludes halogenated alkanes) is 1. The van der Waals surface area contributed by atoms with Gasteiger partial charge in [0.2, 0.25) is 5.91 Å². The summed E-state index contributed by atoms with van der Waals surface area (Å²) in [4.78, 5) is 40.8. The minimum atomic E-state index is -0.656. The topological polar surface area (TPSA) is 101 Å². The zero-order valence-corrected chi connectivity index (χ0v) is 16.1. The van der Waals surface area contributed by atoms with E-state index in [1.54, 1.807) is 6.07 Å². The van der Waals surface area contributed by atoms with Gasteiger partial charge in [0.1, 0.15) is 5.82 Å². The molecule has 7 nitrogen and oxygen atoms in total. The van der Waals surface area contributed by atoms with Crippen molar-refractivity contribution in [2.24, 2.45) is 5.92 Å². The molecule has 27 heavy (non-hydrogen) atoms. The summed E-state index contributed by atoms with van der Waals surface area (Å²) in [6.45, 7) is 2.38. The number of amides is 1. The Kier molecular flexibility index (Phi) is 5.41. The number of carbonyl (C=O) groups is 1. The van der Waals surface area contributed by atoms with Gasteiger partial charge in [-0.05, 0) is 30.4 Å². The van der Waals surface area contributed by atoms with Gasteiger partial charge in [0.05, 0.1) is 0 Å². The summed E-state index contributed by atoms with van der Waals surface area (Å²) in [5.74, 6) is -0.425. The molecule has 1 fully saturated rings. The van der Waals surface area contributed by atoms with E-state index in [1.165, 1.54) is 16.5 Å². The number of nitrogens with one attached hydrogen (secondary N) is 1. The van der Waals surface area contributed by atoms with Crippen molar-refractivity contribution in [2.75, 3.05) is 17.7 Å². The van der Waals surface area contributed by atoms with Gasteiger partial charge in [-0.3, -0.25) is 19.1 Å². The van der Waals surface area contributed by atoms with Crippen molar-refractivity contribution in [2.45, 2.75) is 38.6 Å². The lowest BCUT2D eigenvalue weighted by Crippen LogP contribution is -2.40. The van der Waals surface area contributed by atoms with Crippen LogP contribution in [0.5, 0.6) is 0 Å². The fourth-order valence-corrected chi connectivity index (χ4v) is 3.66. The van der Waals surface area contributed by atoms with E-state index < -0.39 is 11.2 Å². The number of anilines is 2. The van der Waals surface area contributed by atoms with E-state index in [0.717, 1.165) is 18.4 Å². The number of carbonyl (C=O) groups excluding carboxylic acids is 1. The number of aromatic nitrogens is 2. The first-order valence-electron chi connectivity index (χ1n) is 9.01. The summed E-state index contributed by atoms with van der Waals surface area (Å²) in [6, 6.07) is 7.44. The van der Waals surface area contributed by atoms with Crippen molar-refractivity contribution in [3.8, 4) is 0 Å². The molecule has 0 spiro atoms. The second kappa shape index (κ2) is 7.60. The SMILES string of the molecule is CCCCn1c(N)c(N(C)C(=O)C2CC2c2ccccc2Cl)c(=O)[nH]c1=O. The highest BCUT2D eigenvalue weighted by Gasteiger charge is 2.46. The van der Waals surface area contributed by atoms with Crippen LogP contribution in [0.15, 0.2) is 33.9 Å². The van der Waals surface area contributed by atoms with Crippen molar-refractivity contribution >= 4 is 29.0 Å². The molecule has 3 N–H and O–H groups in total. The molecule has 1 saturated carbocycles. The van der Waals surface area contributed by atoms with Crippen molar-refractivity contribution in [1.29, 1.82) is 0 Å². The van der Waals surface area contributed by atoms with Crippen LogP contribution in [0.2, 0.25) is 5.02 Å². The predicted molar refractivity (Wildman–Crippen MR) is 106 cm³/mol. The third kappa shape index (κ3) is 3.64. The number of nitrogen functional groups attached to an aromatic ring is 1. The highest BCUT2D eigenvalue weighted by molar-refractivity contribution is 6.31. The number of hydrogen-bond donors (Lipinski definition) is 2. The number of H-pyrrole nitrogens is 1. The largest absolute Gasteiger partial charge is 0.383 e. The summed E-state index contributed by atoms with van der Waals surface area (Å²) in [5, 5.41) is 0.630. The van der Waals surface area contributed by atoms with Gasteiger partial charge in [0, 0.05) is 24.5 Å². The summed E-state index contributed by atoms with van der Waals surface area (Å²) < 4.78 is 1.31. The van der Waals surface area contributed by atoms with Crippen LogP contribution in [0.3, 0.4) is 0 Å². The van der Waals surface area contributed by atoms with E-state index >= 15 is 0 Å². The minimum absolute atomic E-state index is 0.0144. The lowest BCUT2D eigenvalue weighted by molar-refractivity contribution is -0.119. The third-order valence-electron chi connectivity index (χ3n) is 5.03. The zero-order valence-electron chi connectivity index (χ0n) is 15.4. The van der Waals surface area contributed by atoms with Crippen molar-refractivity contribution in [3.63, 3.8) is 0 Å². The molecule has 2 atom stereocenters. The molecule has 0 aliphatic heterocycles. The van der Waals surface area contributed by atoms with Gasteiger partial charge in [-0.1, -0.05) is 43.1 Å². The monoisotopic (exact) mass is 390 g/mol. The molecule has 1 aromatic carbocycles. The first-order valence-corrected chi connectivity index (χ1v) is 9.39. The molecule has 2 aromatic rings. The van der Waals surface area contributed by atoms with E-state index in [9.17, 15) is 14.4 Å². The summed E-state index contributed by atoms with van der Waals surface area (Å²) >= 11 is 6.22. The Morgan fingerprint density at radius 3 is 2.74 bits per heavy atom. The molecular formula is C19H23ClN4O3. The normalized spacial score (nSPS) is 18.3. The van der Waals surface area contributed by atoms with E-state index in [4.69, 9.17) is 17.3 Å². The van der Waals surface area contributed by atoms with Crippen LogP contribution < -0.4 is 21.9 Å². The molecule has 144 valence electrons. The van der Waals surface area contributed by atoms with Gasteiger partial charge in [0.15, 0.2) is 5.69 Å². The minimum Gasteiger partial charge on any atom is -0.383 e. The summed E-state index contributed by atoms with van der Waals surface area (Å²) in [5.41, 5.74) is 5.81. The number of aromatic amines is 1. The molecule has 3 rings (SSSR count). The highest BCUT2D eigenvalue weighted by atomic mass is 35.5. The first-order chi connectivity index (χ1) is 12.9. The molecule has 0 radical (unpaired) electrons. The van der Waals surface area contributed by atoms with Crippen LogP contribution in [-0.2, 0) is 11.3 Å². The maximum atomic E-state index is 12.9. The third-order valence-corrected chi connectivity index (χ3v) is 5.37. The second-order valence-electron chi connectivity index (χ2n) is 6.87. The predicted octanol–water partition coefficient (Wildman–Crippen LogP) is 2.34. The maximum Gasteiger partial charge on any atom is 0.330 e. The quantitative estimate of drug-likeness (QED) is 0.790. The smallest absolute Gasteiger partial charge is 0.330 e. The Morgan fingerprint density at radius 1 is 1.37 bits per heavy atom. The lowest BCUT2D eigenvalue weighted by Gasteiger charge is -2.20. The molecule has 1 aromatic heterocycles. The molecule has 1 amide bonds. The maximum absolute atomic E-state index is 12.9. The van der Waals surface area contributed by atoms with Gasteiger partial charge in [-0.2, -0.15) is 0 Å². The molecule has 0 saturated heterocycles. The fourth-order valence-electron chi connectivity index (χ4n) is 3.39. The Morgan fingerprint density at radius 2 is 2.07 bits per heavy atom. The van der Waals surface area contributed by atoms with Gasteiger partial charge >= 0.3 is 5.69 Å². The van der Waals surface area contributed by atoms with Gasteiger partial charge < -0.3 is 10.6 Å². The number of rotatable bonds is 6.